The second kappa shape index (κ2) is 7.24. The van der Waals surface area contributed by atoms with E-state index in [0.29, 0.717) is 24.5 Å². The number of aromatic nitrogens is 1. The van der Waals surface area contributed by atoms with Gasteiger partial charge in [0.25, 0.3) is 5.91 Å². The molecule has 0 aliphatic carbocycles. The summed E-state index contributed by atoms with van der Waals surface area (Å²) in [5, 5.41) is 2.83. The Morgan fingerprint density at radius 2 is 2.09 bits per heavy atom. The Morgan fingerprint density at radius 3 is 2.74 bits per heavy atom. The van der Waals surface area contributed by atoms with Gasteiger partial charge in [0, 0.05) is 23.3 Å². The zero-order valence-electron chi connectivity index (χ0n) is 13.8. The number of carbonyl (C=O) groups excluding carboxylic acids is 1. The van der Waals surface area contributed by atoms with Crippen LogP contribution in [-0.4, -0.2) is 23.0 Å². The van der Waals surface area contributed by atoms with Gasteiger partial charge in [0.1, 0.15) is 12.4 Å². The van der Waals surface area contributed by atoms with Crippen LogP contribution in [0.5, 0.6) is 5.75 Å². The molecule has 1 aromatic heterocycles. The molecule has 0 aliphatic rings. The molecule has 2 aromatic rings. The van der Waals surface area contributed by atoms with E-state index < -0.39 is 5.54 Å². The normalized spacial score (nSPS) is 11.1. The van der Waals surface area contributed by atoms with Gasteiger partial charge in [-0.05, 0) is 50.6 Å². The van der Waals surface area contributed by atoms with Crippen LogP contribution in [-0.2, 0) is 6.61 Å². The van der Waals surface area contributed by atoms with Crippen molar-refractivity contribution in [2.75, 3.05) is 6.54 Å². The maximum Gasteiger partial charge on any atom is 0.251 e. The maximum absolute atomic E-state index is 12.1. The molecule has 0 saturated carbocycles. The van der Waals surface area contributed by atoms with E-state index in [0.717, 1.165) is 11.3 Å². The SMILES string of the molecule is Cc1ccc(OCc2cccc(C(=O)NCC(C)(C)N)c2)cn1. The van der Waals surface area contributed by atoms with Gasteiger partial charge in [-0.15, -0.1) is 0 Å². The molecule has 1 aromatic carbocycles. The molecule has 0 atom stereocenters. The van der Waals surface area contributed by atoms with Gasteiger partial charge < -0.3 is 15.8 Å². The summed E-state index contributed by atoms with van der Waals surface area (Å²) in [7, 11) is 0. The number of nitrogens with zero attached hydrogens (tertiary/aromatic N) is 1. The quantitative estimate of drug-likeness (QED) is 0.858. The molecule has 1 heterocycles. The topological polar surface area (TPSA) is 77.2 Å². The van der Waals surface area contributed by atoms with Crippen LogP contribution < -0.4 is 15.8 Å². The Balaban J connectivity index is 1.96. The Morgan fingerprint density at radius 1 is 1.30 bits per heavy atom. The van der Waals surface area contributed by atoms with Crippen molar-refractivity contribution < 1.29 is 9.53 Å². The first-order chi connectivity index (χ1) is 10.8. The summed E-state index contributed by atoms with van der Waals surface area (Å²) < 4.78 is 5.68. The van der Waals surface area contributed by atoms with E-state index in [9.17, 15) is 4.79 Å². The number of ether oxygens (including phenoxy) is 1. The zero-order chi connectivity index (χ0) is 16.9. The number of nitrogens with one attached hydrogen (secondary N) is 1. The molecule has 0 bridgehead atoms. The minimum atomic E-state index is -0.436. The van der Waals surface area contributed by atoms with E-state index in [1.807, 2.05) is 51.1 Å². The molecule has 0 radical (unpaired) electrons. The highest BCUT2D eigenvalue weighted by atomic mass is 16.5. The molecular formula is C18H23N3O2. The molecule has 1 amide bonds. The number of benzene rings is 1. The summed E-state index contributed by atoms with van der Waals surface area (Å²) in [6.45, 7) is 6.46. The number of hydrogen-bond acceptors (Lipinski definition) is 4. The van der Waals surface area contributed by atoms with Crippen LogP contribution in [0.25, 0.3) is 0 Å². The van der Waals surface area contributed by atoms with E-state index in [1.165, 1.54) is 0 Å². The molecule has 5 heteroatoms. The standard InChI is InChI=1S/C18H23N3O2/c1-13-7-8-16(10-20-13)23-11-14-5-4-6-15(9-14)17(22)21-12-18(2,3)19/h4-10H,11-12,19H2,1-3H3,(H,21,22). The van der Waals surface area contributed by atoms with Crippen molar-refractivity contribution in [3.05, 3.63) is 59.4 Å². The van der Waals surface area contributed by atoms with Crippen LogP contribution in [0.4, 0.5) is 0 Å². The van der Waals surface area contributed by atoms with E-state index >= 15 is 0 Å². The third kappa shape index (κ3) is 5.71. The maximum atomic E-state index is 12.1. The molecule has 3 N–H and O–H groups in total. The molecule has 2 rings (SSSR count). The summed E-state index contributed by atoms with van der Waals surface area (Å²) in [6.07, 6.45) is 1.69. The predicted octanol–water partition coefficient (Wildman–Crippen LogP) is 2.44. The van der Waals surface area contributed by atoms with Gasteiger partial charge in [-0.25, -0.2) is 0 Å². The van der Waals surface area contributed by atoms with Gasteiger partial charge in [0.05, 0.1) is 6.20 Å². The minimum Gasteiger partial charge on any atom is -0.487 e. The van der Waals surface area contributed by atoms with Crippen molar-refractivity contribution in [2.45, 2.75) is 32.9 Å². The van der Waals surface area contributed by atoms with Crippen molar-refractivity contribution in [2.24, 2.45) is 5.73 Å². The largest absolute Gasteiger partial charge is 0.487 e. The molecule has 5 nitrogen and oxygen atoms in total. The molecule has 0 spiro atoms. The van der Waals surface area contributed by atoms with Crippen LogP contribution in [0.3, 0.4) is 0 Å². The van der Waals surface area contributed by atoms with E-state index in [2.05, 4.69) is 10.3 Å². The van der Waals surface area contributed by atoms with E-state index in [4.69, 9.17) is 10.5 Å². The molecule has 122 valence electrons. The lowest BCUT2D eigenvalue weighted by atomic mass is 10.1. The Labute approximate surface area is 136 Å². The highest BCUT2D eigenvalue weighted by molar-refractivity contribution is 5.94. The number of pyridine rings is 1. The summed E-state index contributed by atoms with van der Waals surface area (Å²) in [5.41, 5.74) is 7.90. The molecule has 0 aliphatic heterocycles. The fourth-order valence-corrected chi connectivity index (χ4v) is 1.92. The Kier molecular flexibility index (Phi) is 5.34. The summed E-state index contributed by atoms with van der Waals surface area (Å²) in [6, 6.07) is 11.1. The summed E-state index contributed by atoms with van der Waals surface area (Å²) in [5.74, 6) is 0.567. The Bertz CT molecular complexity index is 661. The monoisotopic (exact) mass is 313 g/mol. The van der Waals surface area contributed by atoms with Crippen LogP contribution in [0, 0.1) is 6.92 Å². The zero-order valence-corrected chi connectivity index (χ0v) is 13.8. The van der Waals surface area contributed by atoms with Crippen LogP contribution >= 0.6 is 0 Å². The number of hydrogen-bond donors (Lipinski definition) is 2. The highest BCUT2D eigenvalue weighted by Gasteiger charge is 2.13. The fraction of sp³-hybridized carbons (Fsp3) is 0.333. The molecule has 23 heavy (non-hydrogen) atoms. The summed E-state index contributed by atoms with van der Waals surface area (Å²) >= 11 is 0. The van der Waals surface area contributed by atoms with Crippen molar-refractivity contribution >= 4 is 5.91 Å². The number of rotatable bonds is 6. The molecule has 0 unspecified atom stereocenters. The lowest BCUT2D eigenvalue weighted by Crippen LogP contribution is -2.45. The van der Waals surface area contributed by atoms with Crippen LogP contribution in [0.1, 0.15) is 35.5 Å². The van der Waals surface area contributed by atoms with Gasteiger partial charge in [-0.2, -0.15) is 0 Å². The molecular weight excluding hydrogens is 290 g/mol. The molecule has 0 saturated heterocycles. The van der Waals surface area contributed by atoms with Gasteiger partial charge in [0.2, 0.25) is 0 Å². The third-order valence-corrected chi connectivity index (χ3v) is 3.18. The first kappa shape index (κ1) is 17.0. The second-order valence-corrected chi connectivity index (χ2v) is 6.30. The van der Waals surface area contributed by atoms with Crippen LogP contribution in [0.2, 0.25) is 0 Å². The molecule has 0 fully saturated rings. The third-order valence-electron chi connectivity index (χ3n) is 3.18. The van der Waals surface area contributed by atoms with Gasteiger partial charge >= 0.3 is 0 Å². The van der Waals surface area contributed by atoms with Gasteiger partial charge in [-0.1, -0.05) is 12.1 Å². The first-order valence-corrected chi connectivity index (χ1v) is 7.55. The Hall–Kier alpha value is -2.40. The van der Waals surface area contributed by atoms with Crippen LogP contribution in [0.15, 0.2) is 42.6 Å². The fourth-order valence-electron chi connectivity index (χ4n) is 1.92. The highest BCUT2D eigenvalue weighted by Crippen LogP contribution is 2.13. The summed E-state index contributed by atoms with van der Waals surface area (Å²) in [4.78, 5) is 16.3. The number of carbonyl (C=O) groups is 1. The number of aryl methyl sites for hydroxylation is 1. The first-order valence-electron chi connectivity index (χ1n) is 7.55. The lowest BCUT2D eigenvalue weighted by Gasteiger charge is -2.19. The van der Waals surface area contributed by atoms with Crippen molar-refractivity contribution in [1.82, 2.24) is 10.3 Å². The average Bonchev–Trinajstić information content (AvgIpc) is 2.51. The minimum absolute atomic E-state index is 0.137. The van der Waals surface area contributed by atoms with E-state index in [1.54, 1.807) is 12.3 Å². The lowest BCUT2D eigenvalue weighted by molar-refractivity contribution is 0.0946. The smallest absolute Gasteiger partial charge is 0.251 e. The van der Waals surface area contributed by atoms with Gasteiger partial charge in [-0.3, -0.25) is 9.78 Å². The van der Waals surface area contributed by atoms with E-state index in [-0.39, 0.29) is 5.91 Å². The van der Waals surface area contributed by atoms with Gasteiger partial charge in [0.15, 0.2) is 0 Å². The second-order valence-electron chi connectivity index (χ2n) is 6.30. The number of amides is 1. The van der Waals surface area contributed by atoms with Crippen molar-refractivity contribution in [3.8, 4) is 5.75 Å². The predicted molar refractivity (Wildman–Crippen MR) is 90.3 cm³/mol. The van der Waals surface area contributed by atoms with Crippen molar-refractivity contribution in [1.29, 1.82) is 0 Å². The van der Waals surface area contributed by atoms with Crippen molar-refractivity contribution in [3.63, 3.8) is 0 Å². The average molecular weight is 313 g/mol. The number of nitrogens with two attached hydrogens (primary N) is 1.